The van der Waals surface area contributed by atoms with Crippen LogP contribution in [0.4, 0.5) is 0 Å². The van der Waals surface area contributed by atoms with Gasteiger partial charge in [0.05, 0.1) is 0 Å². The molecule has 0 rings (SSSR count). The number of hydrogen-bond donors (Lipinski definition) is 0. The molecule has 0 aromatic heterocycles. The molecule has 0 saturated heterocycles. The largest absolute Gasteiger partial charge is 2.00 e. The molecule has 0 saturated carbocycles. The maximum Gasteiger partial charge on any atom is 1.00 e. The predicted molar refractivity (Wildman–Crippen MR) is 12.2 cm³/mol. The molecular formula is Ag2B2O. The number of rotatable bonds is 0. The molecule has 0 atom stereocenters. The van der Waals surface area contributed by atoms with Gasteiger partial charge in [0, 0.05) is 16.8 Å². The van der Waals surface area contributed by atoms with Gasteiger partial charge in [0.1, 0.15) is 0 Å². The standard InChI is InChI=1S/2Ag.2B.O/q2*+1;;;-2. The Morgan fingerprint density at radius 3 is 0.600 bits per heavy atom. The van der Waals surface area contributed by atoms with E-state index in [9.17, 15) is 0 Å². The molecule has 0 aromatic carbocycles. The van der Waals surface area contributed by atoms with E-state index in [-0.39, 0.29) is 67.1 Å². The third-order valence-electron chi connectivity index (χ3n) is 0. The molecule has 34 valence electrons. The van der Waals surface area contributed by atoms with E-state index in [0.717, 1.165) is 0 Å². The van der Waals surface area contributed by atoms with E-state index in [0.29, 0.717) is 0 Å². The zero-order valence-electron chi connectivity index (χ0n) is 2.17. The minimum atomic E-state index is 0. The quantitative estimate of drug-likeness (QED) is 0.502. The van der Waals surface area contributed by atoms with Gasteiger partial charge in [-0.15, -0.1) is 0 Å². The van der Waals surface area contributed by atoms with E-state index in [1.165, 1.54) is 0 Å². The molecule has 0 amide bonds. The van der Waals surface area contributed by atoms with Crippen LogP contribution in [0.1, 0.15) is 0 Å². The van der Waals surface area contributed by atoms with Crippen molar-refractivity contribution in [3.63, 3.8) is 0 Å². The molecule has 0 aliphatic heterocycles. The smallest absolute Gasteiger partial charge is 1.00 e. The van der Waals surface area contributed by atoms with Crippen molar-refractivity contribution < 1.29 is 50.2 Å². The normalized spacial score (nSPS) is 0. The van der Waals surface area contributed by atoms with Gasteiger partial charge in [-0.2, -0.15) is 0 Å². The van der Waals surface area contributed by atoms with Crippen LogP contribution < -0.4 is 0 Å². The minimum Gasteiger partial charge on any atom is -2.00 e. The molecular weight excluding hydrogens is 253 g/mol. The fourth-order valence-corrected chi connectivity index (χ4v) is 0. The third kappa shape index (κ3) is 28.8. The van der Waals surface area contributed by atoms with Crippen molar-refractivity contribution in [1.29, 1.82) is 0 Å². The van der Waals surface area contributed by atoms with Gasteiger partial charge in [-0.1, -0.05) is 0 Å². The zero-order valence-corrected chi connectivity index (χ0v) is 5.13. The second kappa shape index (κ2) is 47.2. The summed E-state index contributed by atoms with van der Waals surface area (Å²) in [4.78, 5) is 0. The van der Waals surface area contributed by atoms with Crippen LogP contribution in [0, 0.1) is 0 Å². The van der Waals surface area contributed by atoms with Crippen molar-refractivity contribution in [3.8, 4) is 0 Å². The van der Waals surface area contributed by atoms with Crippen LogP contribution in [0.15, 0.2) is 0 Å². The van der Waals surface area contributed by atoms with Crippen LogP contribution in [-0.2, 0) is 50.2 Å². The Labute approximate surface area is 66.8 Å². The van der Waals surface area contributed by atoms with Gasteiger partial charge in [0.25, 0.3) is 0 Å². The Balaban J connectivity index is 0. The van der Waals surface area contributed by atoms with E-state index in [2.05, 4.69) is 0 Å². The summed E-state index contributed by atoms with van der Waals surface area (Å²) in [7, 11) is 0. The second-order valence-electron chi connectivity index (χ2n) is 0. The molecule has 0 fully saturated rings. The first-order chi connectivity index (χ1) is 0. The van der Waals surface area contributed by atoms with E-state index in [4.69, 9.17) is 0 Å². The summed E-state index contributed by atoms with van der Waals surface area (Å²) in [6, 6.07) is 0. The summed E-state index contributed by atoms with van der Waals surface area (Å²) >= 11 is 0. The molecule has 5 heteroatoms. The Morgan fingerprint density at radius 1 is 0.600 bits per heavy atom. The molecule has 0 unspecified atom stereocenters. The van der Waals surface area contributed by atoms with Gasteiger partial charge >= 0.3 is 44.8 Å². The number of hydrogen-bond acceptors (Lipinski definition) is 0. The predicted octanol–water partition coefficient (Wildman–Crippen LogP) is -0.885. The first-order valence-corrected chi connectivity index (χ1v) is 0. The fourth-order valence-electron chi connectivity index (χ4n) is 0. The van der Waals surface area contributed by atoms with Crippen LogP contribution in [0.3, 0.4) is 0 Å². The van der Waals surface area contributed by atoms with Crippen molar-refractivity contribution in [2.24, 2.45) is 0 Å². The summed E-state index contributed by atoms with van der Waals surface area (Å²) in [6.45, 7) is 0. The third-order valence-corrected chi connectivity index (χ3v) is 0. The van der Waals surface area contributed by atoms with E-state index in [1.54, 1.807) is 0 Å². The summed E-state index contributed by atoms with van der Waals surface area (Å²) in [5.74, 6) is 0. The van der Waals surface area contributed by atoms with Crippen LogP contribution in [0.5, 0.6) is 0 Å². The zero-order chi connectivity index (χ0) is 0. The van der Waals surface area contributed by atoms with Crippen molar-refractivity contribution >= 4 is 16.8 Å². The van der Waals surface area contributed by atoms with Crippen molar-refractivity contribution in [1.82, 2.24) is 0 Å². The first kappa shape index (κ1) is 82.7. The van der Waals surface area contributed by atoms with Crippen molar-refractivity contribution in [2.45, 2.75) is 0 Å². The Morgan fingerprint density at radius 2 is 0.600 bits per heavy atom. The van der Waals surface area contributed by atoms with Crippen LogP contribution in [0.2, 0.25) is 0 Å². The summed E-state index contributed by atoms with van der Waals surface area (Å²) in [6.07, 6.45) is 0. The van der Waals surface area contributed by atoms with Crippen molar-refractivity contribution in [2.75, 3.05) is 0 Å². The van der Waals surface area contributed by atoms with E-state index < -0.39 is 0 Å². The van der Waals surface area contributed by atoms with Crippen LogP contribution in [-0.4, -0.2) is 16.8 Å². The minimum absolute atomic E-state index is 0. The monoisotopic (exact) mass is 252 g/mol. The molecule has 0 spiro atoms. The van der Waals surface area contributed by atoms with E-state index in [1.807, 2.05) is 0 Å². The Bertz CT molecular complexity index is 7.61. The average molecular weight is 253 g/mol. The fraction of sp³-hybridized carbons (Fsp3) is 0. The van der Waals surface area contributed by atoms with Gasteiger partial charge in [0.15, 0.2) is 0 Å². The topological polar surface area (TPSA) is 28.5 Å². The Hall–Kier alpha value is 1.57. The molecule has 0 aliphatic carbocycles. The van der Waals surface area contributed by atoms with E-state index >= 15 is 0 Å². The maximum atomic E-state index is 0. The van der Waals surface area contributed by atoms with Gasteiger partial charge in [-0.3, -0.25) is 0 Å². The molecule has 0 bridgehead atoms. The SMILES string of the molecule is [Ag+].[Ag+].[B].[B].[O-2]. The summed E-state index contributed by atoms with van der Waals surface area (Å²) in [5, 5.41) is 0. The maximum absolute atomic E-state index is 0. The van der Waals surface area contributed by atoms with Gasteiger partial charge in [-0.25, -0.2) is 0 Å². The van der Waals surface area contributed by atoms with Gasteiger partial charge < -0.3 is 5.48 Å². The molecule has 6 radical (unpaired) electrons. The summed E-state index contributed by atoms with van der Waals surface area (Å²) < 4.78 is 0. The van der Waals surface area contributed by atoms with Crippen LogP contribution in [0.25, 0.3) is 0 Å². The molecule has 1 nitrogen and oxygen atoms in total. The molecule has 0 heterocycles. The van der Waals surface area contributed by atoms with Crippen molar-refractivity contribution in [3.05, 3.63) is 0 Å². The summed E-state index contributed by atoms with van der Waals surface area (Å²) in [5.41, 5.74) is 0. The first-order valence-electron chi connectivity index (χ1n) is 0. The molecule has 5 heavy (non-hydrogen) atoms. The Kier molecular flexibility index (Phi) is 780. The molecule has 0 N–H and O–H groups in total. The second-order valence-corrected chi connectivity index (χ2v) is 0. The van der Waals surface area contributed by atoms with Gasteiger partial charge in [-0.05, 0) is 0 Å². The molecule has 0 aromatic rings. The average Bonchev–Trinajstić information content (AvgIpc) is 0. The van der Waals surface area contributed by atoms with Crippen LogP contribution >= 0.6 is 0 Å². The molecule has 0 aliphatic rings. The van der Waals surface area contributed by atoms with Gasteiger partial charge in [0.2, 0.25) is 0 Å².